The minimum Gasteiger partial charge on any atom is -0.353 e. The summed E-state index contributed by atoms with van der Waals surface area (Å²) in [7, 11) is 0. The molecule has 1 fully saturated rings. The van der Waals surface area contributed by atoms with Crippen LogP contribution >= 0.6 is 0 Å². The third-order valence-corrected chi connectivity index (χ3v) is 5.53. The van der Waals surface area contributed by atoms with E-state index in [-0.39, 0.29) is 24.3 Å². The Labute approximate surface area is 195 Å². The van der Waals surface area contributed by atoms with E-state index in [9.17, 15) is 14.4 Å². The monoisotopic (exact) mass is 454 g/mol. The van der Waals surface area contributed by atoms with Gasteiger partial charge in [0, 0.05) is 36.7 Å². The molecule has 4 aromatic rings. The maximum Gasteiger partial charge on any atom is 0.261 e. The number of nitrogens with zero attached hydrogens (tertiary/aromatic N) is 4. The normalized spacial score (nSPS) is 13.4. The number of amides is 3. The summed E-state index contributed by atoms with van der Waals surface area (Å²) in [5, 5.41) is 10.0. The van der Waals surface area contributed by atoms with Gasteiger partial charge in [0.25, 0.3) is 11.8 Å². The van der Waals surface area contributed by atoms with Gasteiger partial charge in [-0.15, -0.1) is 0 Å². The van der Waals surface area contributed by atoms with Crippen molar-refractivity contribution in [1.82, 2.24) is 24.6 Å². The van der Waals surface area contributed by atoms with Crippen molar-refractivity contribution in [3.63, 3.8) is 0 Å². The Bertz CT molecular complexity index is 1340. The zero-order chi connectivity index (χ0) is 23.5. The van der Waals surface area contributed by atoms with Gasteiger partial charge in [-0.25, -0.2) is 4.68 Å². The van der Waals surface area contributed by atoms with E-state index in [1.165, 1.54) is 11.1 Å². The molecule has 2 aromatic heterocycles. The number of hydrogen-bond donors (Lipinski definition) is 2. The van der Waals surface area contributed by atoms with Crippen molar-refractivity contribution in [2.75, 3.05) is 25.0 Å². The van der Waals surface area contributed by atoms with Crippen LogP contribution in [-0.4, -0.2) is 56.6 Å². The highest BCUT2D eigenvalue weighted by molar-refractivity contribution is 6.07. The van der Waals surface area contributed by atoms with Crippen LogP contribution in [0.2, 0.25) is 0 Å². The van der Waals surface area contributed by atoms with Crippen LogP contribution in [0.4, 0.5) is 5.69 Å². The zero-order valence-electron chi connectivity index (χ0n) is 18.2. The highest BCUT2D eigenvalue weighted by Crippen LogP contribution is 2.22. The minimum absolute atomic E-state index is 0.0221. The number of carbonyl (C=O) groups is 3. The van der Waals surface area contributed by atoms with Gasteiger partial charge in [-0.05, 0) is 42.5 Å². The van der Waals surface area contributed by atoms with E-state index in [4.69, 9.17) is 0 Å². The van der Waals surface area contributed by atoms with Crippen LogP contribution in [0.1, 0.15) is 20.7 Å². The van der Waals surface area contributed by atoms with E-state index in [0.717, 1.165) is 5.69 Å². The molecule has 0 aliphatic carbocycles. The number of para-hydroxylation sites is 1. The first kappa shape index (κ1) is 21.2. The van der Waals surface area contributed by atoms with Crippen LogP contribution in [0.5, 0.6) is 0 Å². The third-order valence-electron chi connectivity index (χ3n) is 5.53. The minimum atomic E-state index is -0.354. The Hall–Kier alpha value is -4.66. The molecule has 0 atom stereocenters. The number of rotatable bonds is 5. The molecule has 9 nitrogen and oxygen atoms in total. The maximum atomic E-state index is 13.3. The van der Waals surface area contributed by atoms with E-state index in [2.05, 4.69) is 15.7 Å². The largest absolute Gasteiger partial charge is 0.353 e. The van der Waals surface area contributed by atoms with Gasteiger partial charge >= 0.3 is 0 Å². The molecule has 0 saturated carbocycles. The van der Waals surface area contributed by atoms with Crippen molar-refractivity contribution < 1.29 is 14.4 Å². The molecular formula is C25H22N6O3. The molecule has 0 bridgehead atoms. The lowest BCUT2D eigenvalue weighted by molar-refractivity contribution is -0.123. The van der Waals surface area contributed by atoms with Crippen molar-refractivity contribution in [2.24, 2.45) is 0 Å². The fourth-order valence-electron chi connectivity index (χ4n) is 3.91. The summed E-state index contributed by atoms with van der Waals surface area (Å²) in [6.07, 6.45) is 5.22. The highest BCUT2D eigenvalue weighted by atomic mass is 16.2. The summed E-state index contributed by atoms with van der Waals surface area (Å²) >= 11 is 0. The molecular weight excluding hydrogens is 432 g/mol. The molecule has 170 valence electrons. The molecule has 1 aliphatic heterocycles. The topological polar surface area (TPSA) is 101 Å². The Morgan fingerprint density at radius 2 is 1.76 bits per heavy atom. The highest BCUT2D eigenvalue weighted by Gasteiger charge is 2.23. The standard InChI is InChI=1S/C25H22N6O3/c32-22-17-30(14-11-26-22)25(34)18-7-6-8-19(15-18)28-23(33)21-16-27-31(20-9-2-1-3-10-20)24(21)29-12-4-5-13-29/h1-10,12-13,15-16H,11,14,17H2,(H,26,32)(H,28,33). The first-order valence-corrected chi connectivity index (χ1v) is 10.8. The van der Waals surface area contributed by atoms with Crippen molar-refractivity contribution in [3.05, 3.63) is 96.4 Å². The molecule has 34 heavy (non-hydrogen) atoms. The van der Waals surface area contributed by atoms with Gasteiger partial charge in [0.15, 0.2) is 5.82 Å². The molecule has 0 unspecified atom stereocenters. The molecule has 1 aliphatic rings. The lowest BCUT2D eigenvalue weighted by Crippen LogP contribution is -2.49. The molecule has 2 aromatic carbocycles. The van der Waals surface area contributed by atoms with Crippen molar-refractivity contribution in [1.29, 1.82) is 0 Å². The average Bonchev–Trinajstić information content (AvgIpc) is 3.54. The molecule has 2 N–H and O–H groups in total. The number of piperazine rings is 1. The van der Waals surface area contributed by atoms with E-state index in [1.54, 1.807) is 28.9 Å². The van der Waals surface area contributed by atoms with Crippen LogP contribution in [0.15, 0.2) is 85.3 Å². The van der Waals surface area contributed by atoms with Crippen LogP contribution in [-0.2, 0) is 4.79 Å². The molecule has 3 amide bonds. The summed E-state index contributed by atoms with van der Waals surface area (Å²) in [6, 6.07) is 20.0. The van der Waals surface area contributed by atoms with Gasteiger partial charge in [-0.1, -0.05) is 24.3 Å². The quantitative estimate of drug-likeness (QED) is 0.484. The lowest BCUT2D eigenvalue weighted by Gasteiger charge is -2.26. The van der Waals surface area contributed by atoms with Crippen LogP contribution < -0.4 is 10.6 Å². The Kier molecular flexibility index (Phi) is 5.65. The number of anilines is 1. The van der Waals surface area contributed by atoms with E-state index >= 15 is 0 Å². The Morgan fingerprint density at radius 3 is 2.53 bits per heavy atom. The van der Waals surface area contributed by atoms with Gasteiger partial charge in [0.2, 0.25) is 5.91 Å². The average molecular weight is 454 g/mol. The third kappa shape index (κ3) is 4.18. The number of aromatic nitrogens is 3. The van der Waals surface area contributed by atoms with Crippen molar-refractivity contribution in [2.45, 2.75) is 0 Å². The van der Waals surface area contributed by atoms with E-state index < -0.39 is 0 Å². The first-order valence-electron chi connectivity index (χ1n) is 10.8. The Balaban J connectivity index is 1.42. The second-order valence-corrected chi connectivity index (χ2v) is 7.83. The van der Waals surface area contributed by atoms with E-state index in [0.29, 0.717) is 35.7 Å². The summed E-state index contributed by atoms with van der Waals surface area (Å²) < 4.78 is 3.53. The van der Waals surface area contributed by atoms with Gasteiger partial charge in [-0.2, -0.15) is 5.10 Å². The van der Waals surface area contributed by atoms with Crippen LogP contribution in [0.25, 0.3) is 11.5 Å². The predicted molar refractivity (Wildman–Crippen MR) is 126 cm³/mol. The summed E-state index contributed by atoms with van der Waals surface area (Å²) in [4.78, 5) is 39.2. The number of benzene rings is 2. The van der Waals surface area contributed by atoms with E-state index in [1.807, 2.05) is 59.4 Å². The second-order valence-electron chi connectivity index (χ2n) is 7.83. The summed E-state index contributed by atoms with van der Waals surface area (Å²) in [6.45, 7) is 0.892. The van der Waals surface area contributed by atoms with Gasteiger partial charge in [-0.3, -0.25) is 14.4 Å². The fourth-order valence-corrected chi connectivity index (χ4v) is 3.91. The number of hydrogen-bond acceptors (Lipinski definition) is 4. The maximum absolute atomic E-state index is 13.3. The number of nitrogens with one attached hydrogen (secondary N) is 2. The smallest absolute Gasteiger partial charge is 0.261 e. The van der Waals surface area contributed by atoms with Gasteiger partial charge in [0.05, 0.1) is 18.4 Å². The van der Waals surface area contributed by atoms with Crippen LogP contribution in [0, 0.1) is 0 Å². The molecule has 5 rings (SSSR count). The first-order chi connectivity index (χ1) is 16.6. The molecule has 3 heterocycles. The molecule has 1 saturated heterocycles. The zero-order valence-corrected chi connectivity index (χ0v) is 18.2. The fraction of sp³-hybridized carbons (Fsp3) is 0.120. The SMILES string of the molecule is O=C1CN(C(=O)c2cccc(NC(=O)c3cnn(-c4ccccc4)c3-n3cccc3)c2)CCN1. The Morgan fingerprint density at radius 1 is 0.971 bits per heavy atom. The molecule has 0 radical (unpaired) electrons. The van der Waals surface area contributed by atoms with Crippen molar-refractivity contribution in [3.8, 4) is 11.5 Å². The van der Waals surface area contributed by atoms with Crippen molar-refractivity contribution >= 4 is 23.4 Å². The van der Waals surface area contributed by atoms with Gasteiger partial charge < -0.3 is 20.1 Å². The van der Waals surface area contributed by atoms with Gasteiger partial charge in [0.1, 0.15) is 5.56 Å². The summed E-state index contributed by atoms with van der Waals surface area (Å²) in [5.41, 5.74) is 2.08. The predicted octanol–water partition coefficient (Wildman–Crippen LogP) is 2.49. The molecule has 9 heteroatoms. The number of carbonyl (C=O) groups excluding carboxylic acids is 3. The second kappa shape index (κ2) is 9.07. The van der Waals surface area contributed by atoms with Crippen LogP contribution in [0.3, 0.4) is 0 Å². The summed E-state index contributed by atoms with van der Waals surface area (Å²) in [5.74, 6) is -0.194. The lowest BCUT2D eigenvalue weighted by atomic mass is 10.1. The molecule has 0 spiro atoms.